The molecule has 1 aromatic heterocycles. The number of benzene rings is 1. The first-order valence-corrected chi connectivity index (χ1v) is 10.8. The Morgan fingerprint density at radius 1 is 1.14 bits per heavy atom. The SMILES string of the molecule is Fc1cnc2c(c1)N(CCN1CCC(NCc3cc(Cl)ccc3Cl)CC1)C=CC2. The monoisotopic (exact) mass is 434 g/mol. The fraction of sp³-hybridized carbons (Fsp3) is 0.409. The molecular formula is C22H25Cl2FN4. The standard InChI is InChI=1S/C22H25Cl2FN4/c23-17-3-4-20(24)16(12-17)14-26-19-5-8-28(9-6-19)10-11-29-7-1-2-21-22(29)13-18(25)15-27-21/h1,3-4,7,12-13,15,19,26H,2,5-6,8-11,14H2. The van der Waals surface area contributed by atoms with Gasteiger partial charge in [0.1, 0.15) is 5.82 Å². The molecule has 2 aromatic rings. The lowest BCUT2D eigenvalue weighted by atomic mass is 10.0. The molecule has 29 heavy (non-hydrogen) atoms. The number of hydrogen-bond donors (Lipinski definition) is 1. The van der Waals surface area contributed by atoms with Crippen molar-refractivity contribution < 1.29 is 4.39 Å². The normalized spacial score (nSPS) is 17.6. The van der Waals surface area contributed by atoms with Crippen LogP contribution in [-0.4, -0.2) is 42.1 Å². The molecule has 0 radical (unpaired) electrons. The van der Waals surface area contributed by atoms with Crippen molar-refractivity contribution >= 4 is 28.9 Å². The molecule has 1 N–H and O–H groups in total. The van der Waals surface area contributed by atoms with E-state index in [1.54, 1.807) is 6.07 Å². The Morgan fingerprint density at radius 2 is 1.97 bits per heavy atom. The molecule has 4 nitrogen and oxygen atoms in total. The summed E-state index contributed by atoms with van der Waals surface area (Å²) in [6.45, 7) is 4.62. The van der Waals surface area contributed by atoms with Crippen LogP contribution in [0.5, 0.6) is 0 Å². The highest BCUT2D eigenvalue weighted by Gasteiger charge is 2.21. The molecule has 154 valence electrons. The van der Waals surface area contributed by atoms with Gasteiger partial charge in [-0.3, -0.25) is 4.98 Å². The van der Waals surface area contributed by atoms with E-state index in [0.29, 0.717) is 11.1 Å². The number of nitrogens with one attached hydrogen (secondary N) is 1. The Labute approximate surface area is 181 Å². The van der Waals surface area contributed by atoms with Crippen molar-refractivity contribution in [3.63, 3.8) is 0 Å². The molecule has 0 amide bonds. The number of nitrogens with zero attached hydrogens (tertiary/aromatic N) is 3. The summed E-state index contributed by atoms with van der Waals surface area (Å²) in [5.41, 5.74) is 2.87. The molecule has 0 aliphatic carbocycles. The maximum Gasteiger partial charge on any atom is 0.143 e. The molecule has 7 heteroatoms. The van der Waals surface area contributed by atoms with Gasteiger partial charge in [-0.1, -0.05) is 29.3 Å². The number of pyridine rings is 1. The number of fused-ring (bicyclic) bond motifs is 1. The molecular weight excluding hydrogens is 410 g/mol. The van der Waals surface area contributed by atoms with Gasteiger partial charge in [0.05, 0.1) is 17.6 Å². The summed E-state index contributed by atoms with van der Waals surface area (Å²) in [6, 6.07) is 7.65. The Hall–Kier alpha value is -1.66. The molecule has 0 saturated carbocycles. The average Bonchev–Trinajstić information content (AvgIpc) is 2.73. The van der Waals surface area contributed by atoms with E-state index in [9.17, 15) is 4.39 Å². The van der Waals surface area contributed by atoms with Crippen LogP contribution in [-0.2, 0) is 13.0 Å². The van der Waals surface area contributed by atoms with Gasteiger partial charge in [-0.25, -0.2) is 4.39 Å². The lowest BCUT2D eigenvalue weighted by Crippen LogP contribution is -2.44. The van der Waals surface area contributed by atoms with E-state index in [0.717, 1.165) is 74.0 Å². The second-order valence-corrected chi connectivity index (χ2v) is 8.48. The maximum absolute atomic E-state index is 13.6. The van der Waals surface area contributed by atoms with E-state index in [-0.39, 0.29) is 5.82 Å². The van der Waals surface area contributed by atoms with E-state index in [1.165, 1.54) is 6.20 Å². The zero-order valence-electron chi connectivity index (χ0n) is 16.3. The van der Waals surface area contributed by atoms with E-state index in [4.69, 9.17) is 23.2 Å². The molecule has 0 atom stereocenters. The smallest absolute Gasteiger partial charge is 0.143 e. The van der Waals surface area contributed by atoms with Gasteiger partial charge in [0.15, 0.2) is 0 Å². The van der Waals surface area contributed by atoms with Crippen molar-refractivity contribution in [3.8, 4) is 0 Å². The van der Waals surface area contributed by atoms with Crippen molar-refractivity contribution in [2.45, 2.75) is 31.8 Å². The number of hydrogen-bond acceptors (Lipinski definition) is 4. The number of piperidine rings is 1. The number of likely N-dealkylation sites (tertiary alicyclic amines) is 1. The molecule has 0 spiro atoms. The number of halogens is 3. The molecule has 2 aliphatic rings. The zero-order valence-corrected chi connectivity index (χ0v) is 17.8. The first-order chi connectivity index (χ1) is 14.1. The highest BCUT2D eigenvalue weighted by molar-refractivity contribution is 6.33. The molecule has 1 aromatic carbocycles. The molecule has 1 saturated heterocycles. The van der Waals surface area contributed by atoms with Gasteiger partial charge >= 0.3 is 0 Å². The summed E-state index contributed by atoms with van der Waals surface area (Å²) in [5.74, 6) is -0.282. The zero-order chi connectivity index (χ0) is 20.2. The molecule has 0 bridgehead atoms. The Kier molecular flexibility index (Phi) is 6.70. The van der Waals surface area contributed by atoms with Gasteiger partial charge in [-0.2, -0.15) is 0 Å². The highest BCUT2D eigenvalue weighted by atomic mass is 35.5. The predicted octanol–water partition coefficient (Wildman–Crippen LogP) is 4.66. The van der Waals surface area contributed by atoms with Crippen molar-refractivity contribution in [3.05, 3.63) is 69.9 Å². The van der Waals surface area contributed by atoms with Crippen LogP contribution < -0.4 is 10.2 Å². The molecule has 2 aliphatic heterocycles. The Balaban J connectivity index is 1.23. The third-order valence-electron chi connectivity index (χ3n) is 5.65. The Bertz CT molecular complexity index is 881. The number of rotatable bonds is 6. The van der Waals surface area contributed by atoms with Crippen LogP contribution in [0.25, 0.3) is 0 Å². The summed E-state index contributed by atoms with van der Waals surface area (Å²) < 4.78 is 13.6. The van der Waals surface area contributed by atoms with Crippen LogP contribution in [0.4, 0.5) is 10.1 Å². The van der Waals surface area contributed by atoms with Crippen molar-refractivity contribution in [1.29, 1.82) is 0 Å². The van der Waals surface area contributed by atoms with Crippen LogP contribution in [0.15, 0.2) is 42.7 Å². The fourth-order valence-corrected chi connectivity index (χ4v) is 4.35. The fourth-order valence-electron chi connectivity index (χ4n) is 3.97. The number of allylic oxidation sites excluding steroid dienone is 1. The third kappa shape index (κ3) is 5.28. The van der Waals surface area contributed by atoms with Gasteiger partial charge in [0, 0.05) is 54.4 Å². The Morgan fingerprint density at radius 3 is 2.79 bits per heavy atom. The third-order valence-corrected chi connectivity index (χ3v) is 6.26. The van der Waals surface area contributed by atoms with E-state index < -0.39 is 0 Å². The summed E-state index contributed by atoms with van der Waals surface area (Å²) in [5, 5.41) is 5.07. The van der Waals surface area contributed by atoms with Crippen molar-refractivity contribution in [2.75, 3.05) is 31.1 Å². The van der Waals surface area contributed by atoms with Gasteiger partial charge in [0.25, 0.3) is 0 Å². The molecule has 0 unspecified atom stereocenters. The summed E-state index contributed by atoms with van der Waals surface area (Å²) in [6.07, 6.45) is 8.39. The van der Waals surface area contributed by atoms with E-state index >= 15 is 0 Å². The van der Waals surface area contributed by atoms with Gasteiger partial charge in [-0.05, 0) is 49.7 Å². The quantitative estimate of drug-likeness (QED) is 0.716. The first-order valence-electron chi connectivity index (χ1n) is 10.1. The van der Waals surface area contributed by atoms with Crippen LogP contribution in [0, 0.1) is 5.82 Å². The van der Waals surface area contributed by atoms with Crippen molar-refractivity contribution in [2.24, 2.45) is 0 Å². The topological polar surface area (TPSA) is 31.4 Å². The average molecular weight is 435 g/mol. The summed E-state index contributed by atoms with van der Waals surface area (Å²) >= 11 is 12.3. The number of anilines is 1. The molecule has 3 heterocycles. The van der Waals surface area contributed by atoms with Crippen LogP contribution >= 0.6 is 23.2 Å². The van der Waals surface area contributed by atoms with Crippen LogP contribution in [0.1, 0.15) is 24.1 Å². The van der Waals surface area contributed by atoms with Gasteiger partial charge in [0.2, 0.25) is 0 Å². The second kappa shape index (κ2) is 9.43. The largest absolute Gasteiger partial charge is 0.345 e. The first kappa shape index (κ1) is 20.6. The minimum absolute atomic E-state index is 0.282. The summed E-state index contributed by atoms with van der Waals surface area (Å²) in [4.78, 5) is 8.81. The predicted molar refractivity (Wildman–Crippen MR) is 117 cm³/mol. The second-order valence-electron chi connectivity index (χ2n) is 7.63. The molecule has 4 rings (SSSR count). The van der Waals surface area contributed by atoms with E-state index in [2.05, 4.69) is 26.2 Å². The lowest BCUT2D eigenvalue weighted by molar-refractivity contribution is 0.201. The number of aromatic nitrogens is 1. The van der Waals surface area contributed by atoms with Crippen LogP contribution in [0.2, 0.25) is 10.0 Å². The van der Waals surface area contributed by atoms with Gasteiger partial charge in [-0.15, -0.1) is 0 Å². The lowest BCUT2D eigenvalue weighted by Gasteiger charge is -2.34. The minimum Gasteiger partial charge on any atom is -0.345 e. The van der Waals surface area contributed by atoms with E-state index in [1.807, 2.05) is 24.4 Å². The summed E-state index contributed by atoms with van der Waals surface area (Å²) in [7, 11) is 0. The minimum atomic E-state index is -0.282. The highest BCUT2D eigenvalue weighted by Crippen LogP contribution is 2.25. The van der Waals surface area contributed by atoms with Crippen molar-refractivity contribution in [1.82, 2.24) is 15.2 Å². The van der Waals surface area contributed by atoms with Crippen LogP contribution in [0.3, 0.4) is 0 Å². The van der Waals surface area contributed by atoms with Gasteiger partial charge < -0.3 is 15.1 Å². The molecule has 1 fully saturated rings. The maximum atomic E-state index is 13.6.